The van der Waals surface area contributed by atoms with E-state index in [0.717, 1.165) is 12.8 Å². The normalized spacial score (nSPS) is 11.6. The number of unbranched alkanes of at least 4 members (excludes halogenated alkanes) is 1. The Kier molecular flexibility index (Phi) is 7.12. The van der Waals surface area contributed by atoms with E-state index in [1.807, 2.05) is 11.8 Å². The molecule has 0 amide bonds. The second-order valence-electron chi connectivity index (χ2n) is 6.97. The predicted molar refractivity (Wildman–Crippen MR) is 121 cm³/mol. The molecule has 0 aliphatic carbocycles. The molecule has 28 heavy (non-hydrogen) atoms. The summed E-state index contributed by atoms with van der Waals surface area (Å²) >= 11 is 1.81. The zero-order valence-electron chi connectivity index (χ0n) is 16.5. The highest BCUT2D eigenvalue weighted by Crippen LogP contribution is 2.42. The van der Waals surface area contributed by atoms with Gasteiger partial charge in [0.25, 0.3) is 0 Å². The predicted octanol–water partition coefficient (Wildman–Crippen LogP) is 7.66. The van der Waals surface area contributed by atoms with Gasteiger partial charge < -0.3 is 0 Å². The van der Waals surface area contributed by atoms with Crippen LogP contribution in [-0.2, 0) is 0 Å². The second kappa shape index (κ2) is 9.97. The molecule has 3 aromatic carbocycles. The number of nitriles is 1. The minimum Gasteiger partial charge on any atom is -0.198 e. The zero-order valence-corrected chi connectivity index (χ0v) is 17.3. The Morgan fingerprint density at radius 2 is 1.39 bits per heavy atom. The molecule has 0 fully saturated rings. The van der Waals surface area contributed by atoms with Crippen LogP contribution < -0.4 is 0 Å². The number of thioether (sulfide) groups is 1. The van der Waals surface area contributed by atoms with Crippen LogP contribution in [0.5, 0.6) is 0 Å². The van der Waals surface area contributed by atoms with Crippen molar-refractivity contribution >= 4 is 22.2 Å². The number of rotatable bonds is 7. The third kappa shape index (κ3) is 5.38. The van der Waals surface area contributed by atoms with Gasteiger partial charge in [-0.1, -0.05) is 89.6 Å². The summed E-state index contributed by atoms with van der Waals surface area (Å²) in [6, 6.07) is 30.3. The zero-order chi connectivity index (χ0) is 19.8. The molecule has 0 atom stereocenters. The van der Waals surface area contributed by atoms with E-state index in [-0.39, 0.29) is 0 Å². The van der Waals surface area contributed by atoms with Gasteiger partial charge in [-0.05, 0) is 55.5 Å². The maximum absolute atomic E-state index is 9.03. The third-order valence-electron chi connectivity index (χ3n) is 4.67. The molecule has 140 valence electrons. The van der Waals surface area contributed by atoms with E-state index in [2.05, 4.69) is 98.8 Å². The Hall–Kier alpha value is -2.76. The quantitative estimate of drug-likeness (QED) is 0.237. The van der Waals surface area contributed by atoms with Gasteiger partial charge in [0.2, 0.25) is 0 Å². The molecule has 0 radical (unpaired) electrons. The van der Waals surface area contributed by atoms with E-state index in [0.29, 0.717) is 6.42 Å². The van der Waals surface area contributed by atoms with Crippen molar-refractivity contribution in [3.05, 3.63) is 101 Å². The largest absolute Gasteiger partial charge is 0.198 e. The first-order valence-electron chi connectivity index (χ1n) is 9.64. The lowest BCUT2D eigenvalue weighted by atomic mass is 9.97. The highest BCUT2D eigenvalue weighted by atomic mass is 32.2. The average Bonchev–Trinajstić information content (AvgIpc) is 2.73. The fourth-order valence-corrected chi connectivity index (χ4v) is 4.20. The van der Waals surface area contributed by atoms with Gasteiger partial charge in [0.15, 0.2) is 0 Å². The molecule has 0 spiro atoms. The van der Waals surface area contributed by atoms with Crippen LogP contribution in [0.25, 0.3) is 10.5 Å². The molecule has 1 nitrogen and oxygen atoms in total. The van der Waals surface area contributed by atoms with E-state index in [1.165, 1.54) is 37.6 Å². The lowest BCUT2D eigenvalue weighted by Gasteiger charge is -2.17. The van der Waals surface area contributed by atoms with Crippen LogP contribution in [0, 0.1) is 25.2 Å². The molecule has 0 bridgehead atoms. The van der Waals surface area contributed by atoms with Crippen molar-refractivity contribution in [2.45, 2.75) is 38.0 Å². The summed E-state index contributed by atoms with van der Waals surface area (Å²) in [6.07, 6.45) is 2.33. The number of aryl methyl sites for hydroxylation is 2. The van der Waals surface area contributed by atoms with Crippen molar-refractivity contribution in [3.8, 4) is 6.07 Å². The summed E-state index contributed by atoms with van der Waals surface area (Å²) in [5.74, 6) is 0. The van der Waals surface area contributed by atoms with Gasteiger partial charge in [-0.2, -0.15) is 5.26 Å². The standard InChI is InChI=1S/C26H25NS/c1-20-11-15-23(16-12-20)26(28-24-17-13-21(2)14-18-24)25(10-6-7-19-27)22-8-4-3-5-9-22/h3-5,8-9,11-18H,6-7,10H2,1-2H3/b26-25+. The monoisotopic (exact) mass is 383 g/mol. The highest BCUT2D eigenvalue weighted by Gasteiger charge is 2.14. The smallest absolute Gasteiger partial charge is 0.0621 e. The average molecular weight is 384 g/mol. The Bertz CT molecular complexity index is 962. The minimum absolute atomic E-state index is 0.576. The molecule has 0 aliphatic rings. The molecule has 2 heteroatoms. The van der Waals surface area contributed by atoms with E-state index >= 15 is 0 Å². The Balaban J connectivity index is 2.11. The van der Waals surface area contributed by atoms with Crippen molar-refractivity contribution in [1.82, 2.24) is 0 Å². The topological polar surface area (TPSA) is 23.8 Å². The molecular weight excluding hydrogens is 358 g/mol. The number of benzene rings is 3. The van der Waals surface area contributed by atoms with E-state index < -0.39 is 0 Å². The van der Waals surface area contributed by atoms with Gasteiger partial charge in [-0.25, -0.2) is 0 Å². The van der Waals surface area contributed by atoms with Crippen LogP contribution in [0.2, 0.25) is 0 Å². The van der Waals surface area contributed by atoms with Crippen molar-refractivity contribution in [3.63, 3.8) is 0 Å². The Labute approximate surface area is 172 Å². The minimum atomic E-state index is 0.576. The molecule has 0 aliphatic heterocycles. The number of allylic oxidation sites excluding steroid dienone is 1. The first-order valence-corrected chi connectivity index (χ1v) is 10.5. The third-order valence-corrected chi connectivity index (χ3v) is 5.86. The molecule has 0 saturated carbocycles. The van der Waals surface area contributed by atoms with Crippen molar-refractivity contribution in [2.75, 3.05) is 0 Å². The van der Waals surface area contributed by atoms with Gasteiger partial charge in [0.05, 0.1) is 6.07 Å². The Morgan fingerprint density at radius 3 is 2.00 bits per heavy atom. The van der Waals surface area contributed by atoms with Gasteiger partial charge in [0, 0.05) is 16.2 Å². The summed E-state index contributed by atoms with van der Waals surface area (Å²) in [7, 11) is 0. The second-order valence-corrected chi connectivity index (χ2v) is 8.05. The van der Waals surface area contributed by atoms with Crippen LogP contribution in [-0.4, -0.2) is 0 Å². The molecular formula is C26H25NS. The van der Waals surface area contributed by atoms with E-state index in [1.54, 1.807) is 0 Å². The van der Waals surface area contributed by atoms with Crippen molar-refractivity contribution < 1.29 is 0 Å². The fraction of sp³-hybridized carbons (Fsp3) is 0.192. The lowest BCUT2D eigenvalue weighted by Crippen LogP contribution is -1.92. The first-order chi connectivity index (χ1) is 13.7. The molecule has 0 saturated heterocycles. The van der Waals surface area contributed by atoms with Crippen molar-refractivity contribution in [2.24, 2.45) is 0 Å². The summed E-state index contributed by atoms with van der Waals surface area (Å²) in [4.78, 5) is 2.50. The molecule has 0 unspecified atom stereocenters. The molecule has 0 aromatic heterocycles. The lowest BCUT2D eigenvalue weighted by molar-refractivity contribution is 0.889. The van der Waals surface area contributed by atoms with Gasteiger partial charge in [-0.15, -0.1) is 0 Å². The SMILES string of the molecule is Cc1ccc(S/C(=C(\CCCC#N)c2ccccc2)c2ccc(C)cc2)cc1. The number of nitrogens with zero attached hydrogens (tertiary/aromatic N) is 1. The number of hydrogen-bond acceptors (Lipinski definition) is 2. The first kappa shape index (κ1) is 20.0. The molecule has 0 heterocycles. The van der Waals surface area contributed by atoms with Gasteiger partial charge in [0.1, 0.15) is 0 Å². The van der Waals surface area contributed by atoms with Crippen LogP contribution in [0.3, 0.4) is 0 Å². The van der Waals surface area contributed by atoms with E-state index in [4.69, 9.17) is 5.26 Å². The van der Waals surface area contributed by atoms with Crippen LogP contribution in [0.4, 0.5) is 0 Å². The summed E-state index contributed by atoms with van der Waals surface area (Å²) in [5.41, 5.74) is 6.30. The Morgan fingerprint density at radius 1 is 0.786 bits per heavy atom. The summed E-state index contributed by atoms with van der Waals surface area (Å²) < 4.78 is 0. The fourth-order valence-electron chi connectivity index (χ4n) is 3.10. The molecule has 0 N–H and O–H groups in total. The van der Waals surface area contributed by atoms with Crippen LogP contribution >= 0.6 is 11.8 Å². The highest BCUT2D eigenvalue weighted by molar-refractivity contribution is 8.08. The van der Waals surface area contributed by atoms with Gasteiger partial charge >= 0.3 is 0 Å². The maximum atomic E-state index is 9.03. The van der Waals surface area contributed by atoms with Crippen LogP contribution in [0.15, 0.2) is 83.8 Å². The van der Waals surface area contributed by atoms with Crippen molar-refractivity contribution in [1.29, 1.82) is 5.26 Å². The summed E-state index contributed by atoms with van der Waals surface area (Å²) in [5, 5.41) is 9.03. The molecule has 3 aromatic rings. The van der Waals surface area contributed by atoms with Gasteiger partial charge in [-0.3, -0.25) is 0 Å². The summed E-state index contributed by atoms with van der Waals surface area (Å²) in [6.45, 7) is 4.23. The number of hydrogen-bond donors (Lipinski definition) is 0. The van der Waals surface area contributed by atoms with E-state index in [9.17, 15) is 0 Å². The maximum Gasteiger partial charge on any atom is 0.0621 e. The molecule has 3 rings (SSSR count). The van der Waals surface area contributed by atoms with Crippen LogP contribution in [0.1, 0.15) is 41.5 Å².